The third-order valence-corrected chi connectivity index (χ3v) is 7.76. The van der Waals surface area contributed by atoms with Crippen LogP contribution in [0.3, 0.4) is 0 Å². The number of nitrogens with zero attached hydrogens (tertiary/aromatic N) is 1. The molecule has 0 radical (unpaired) electrons. The average molecular weight is 420 g/mol. The minimum atomic E-state index is -2.99. The Morgan fingerprint density at radius 2 is 1.79 bits per heavy atom. The molecule has 1 aliphatic rings. The van der Waals surface area contributed by atoms with Crippen LogP contribution < -0.4 is 4.90 Å². The summed E-state index contributed by atoms with van der Waals surface area (Å²) in [5, 5.41) is -0.0789. The number of amides is 1. The predicted molar refractivity (Wildman–Crippen MR) is 109 cm³/mol. The minimum Gasteiger partial charge on any atom is -0.452 e. The summed E-state index contributed by atoms with van der Waals surface area (Å²) in [6.07, 6.45) is 0.566. The Balaban J connectivity index is 1.62. The van der Waals surface area contributed by atoms with Crippen LogP contribution >= 0.6 is 11.8 Å². The number of thioether (sulfide) groups is 1. The summed E-state index contributed by atoms with van der Waals surface area (Å²) in [4.78, 5) is 26.9. The molecule has 0 unspecified atom stereocenters. The molecule has 8 heteroatoms. The van der Waals surface area contributed by atoms with Crippen molar-refractivity contribution in [3.63, 3.8) is 0 Å². The fourth-order valence-corrected chi connectivity index (χ4v) is 6.49. The van der Waals surface area contributed by atoms with Crippen LogP contribution in [0.15, 0.2) is 59.5 Å². The Hall–Kier alpha value is -2.32. The van der Waals surface area contributed by atoms with E-state index in [1.807, 2.05) is 18.2 Å². The van der Waals surface area contributed by atoms with E-state index < -0.39 is 15.8 Å². The first-order valence-electron chi connectivity index (χ1n) is 8.80. The molecule has 0 N–H and O–H groups in total. The molecule has 0 aliphatic carbocycles. The molecule has 1 fully saturated rings. The molecule has 28 heavy (non-hydrogen) atoms. The van der Waals surface area contributed by atoms with Gasteiger partial charge in [-0.05, 0) is 30.7 Å². The van der Waals surface area contributed by atoms with Crippen molar-refractivity contribution in [3.05, 3.63) is 60.2 Å². The van der Waals surface area contributed by atoms with Crippen LogP contribution in [0.2, 0.25) is 0 Å². The molecule has 2 aromatic rings. The molecule has 1 heterocycles. The zero-order valence-electron chi connectivity index (χ0n) is 15.4. The number of anilines is 1. The van der Waals surface area contributed by atoms with Crippen molar-refractivity contribution in [2.75, 3.05) is 30.1 Å². The summed E-state index contributed by atoms with van der Waals surface area (Å²) < 4.78 is 28.5. The Morgan fingerprint density at radius 1 is 1.11 bits per heavy atom. The third kappa shape index (κ3) is 5.14. The SMILES string of the molecule is CN(C(=O)COC(=O)c1ccccc1S[C@@H]1CCS(=O)(=O)C1)c1ccccc1. The first-order valence-corrected chi connectivity index (χ1v) is 11.5. The fourth-order valence-electron chi connectivity index (χ4n) is 2.87. The largest absolute Gasteiger partial charge is 0.452 e. The molecule has 1 amide bonds. The van der Waals surface area contributed by atoms with Gasteiger partial charge in [0.25, 0.3) is 5.91 Å². The highest BCUT2D eigenvalue weighted by atomic mass is 32.2. The number of likely N-dealkylation sites (N-methyl/N-ethyl adjacent to an activating group) is 1. The number of carbonyl (C=O) groups excluding carboxylic acids is 2. The lowest BCUT2D eigenvalue weighted by Gasteiger charge is -2.17. The first kappa shape index (κ1) is 20.4. The van der Waals surface area contributed by atoms with Crippen LogP contribution in [-0.2, 0) is 19.4 Å². The first-order chi connectivity index (χ1) is 13.4. The van der Waals surface area contributed by atoms with Gasteiger partial charge in [0.2, 0.25) is 0 Å². The van der Waals surface area contributed by atoms with E-state index in [1.165, 1.54) is 16.7 Å². The van der Waals surface area contributed by atoms with Gasteiger partial charge >= 0.3 is 5.97 Å². The number of para-hydroxylation sites is 1. The highest BCUT2D eigenvalue weighted by Gasteiger charge is 2.29. The van der Waals surface area contributed by atoms with Crippen molar-refractivity contribution >= 4 is 39.2 Å². The molecule has 0 spiro atoms. The second-order valence-electron chi connectivity index (χ2n) is 6.50. The maximum absolute atomic E-state index is 12.5. The second-order valence-corrected chi connectivity index (χ2v) is 10.1. The van der Waals surface area contributed by atoms with Gasteiger partial charge in [0.05, 0.1) is 17.1 Å². The van der Waals surface area contributed by atoms with E-state index in [1.54, 1.807) is 43.4 Å². The van der Waals surface area contributed by atoms with Crippen LogP contribution in [0.25, 0.3) is 0 Å². The van der Waals surface area contributed by atoms with Gasteiger partial charge in [0.1, 0.15) is 0 Å². The number of sulfone groups is 1. The van der Waals surface area contributed by atoms with Gasteiger partial charge in [0.15, 0.2) is 16.4 Å². The second kappa shape index (κ2) is 8.79. The molecule has 1 aliphatic heterocycles. The van der Waals surface area contributed by atoms with Crippen molar-refractivity contribution in [2.24, 2.45) is 0 Å². The number of ether oxygens (including phenoxy) is 1. The quantitative estimate of drug-likeness (QED) is 0.670. The summed E-state index contributed by atoms with van der Waals surface area (Å²) in [7, 11) is -1.37. The lowest BCUT2D eigenvalue weighted by Crippen LogP contribution is -2.31. The van der Waals surface area contributed by atoms with Crippen molar-refractivity contribution in [2.45, 2.75) is 16.6 Å². The fraction of sp³-hybridized carbons (Fsp3) is 0.300. The van der Waals surface area contributed by atoms with E-state index in [-0.39, 0.29) is 29.3 Å². The molecule has 6 nitrogen and oxygen atoms in total. The summed E-state index contributed by atoms with van der Waals surface area (Å²) >= 11 is 1.37. The highest BCUT2D eigenvalue weighted by Crippen LogP contribution is 2.33. The number of hydrogen-bond acceptors (Lipinski definition) is 6. The zero-order chi connectivity index (χ0) is 20.1. The number of carbonyl (C=O) groups is 2. The highest BCUT2D eigenvalue weighted by molar-refractivity contribution is 8.02. The van der Waals surface area contributed by atoms with Gasteiger partial charge < -0.3 is 9.64 Å². The maximum Gasteiger partial charge on any atom is 0.339 e. The number of rotatable bonds is 6. The van der Waals surface area contributed by atoms with Gasteiger partial charge in [-0.2, -0.15) is 0 Å². The molecule has 0 saturated carbocycles. The van der Waals surface area contributed by atoms with Gasteiger partial charge in [-0.3, -0.25) is 4.79 Å². The summed E-state index contributed by atoms with van der Waals surface area (Å²) in [6, 6.07) is 16.0. The minimum absolute atomic E-state index is 0.0789. The van der Waals surface area contributed by atoms with E-state index >= 15 is 0 Å². The van der Waals surface area contributed by atoms with Crippen molar-refractivity contribution in [1.29, 1.82) is 0 Å². The van der Waals surface area contributed by atoms with Crippen molar-refractivity contribution in [3.8, 4) is 0 Å². The molecule has 3 rings (SSSR count). The summed E-state index contributed by atoms with van der Waals surface area (Å²) in [5.41, 5.74) is 1.05. The number of esters is 1. The van der Waals surface area contributed by atoms with Crippen LogP contribution in [0, 0.1) is 0 Å². The van der Waals surface area contributed by atoms with Crippen molar-refractivity contribution in [1.82, 2.24) is 0 Å². The van der Waals surface area contributed by atoms with Gasteiger partial charge in [0, 0.05) is 22.9 Å². The Morgan fingerprint density at radius 3 is 2.46 bits per heavy atom. The van der Waals surface area contributed by atoms with E-state index in [4.69, 9.17) is 4.74 Å². The van der Waals surface area contributed by atoms with E-state index in [2.05, 4.69) is 0 Å². The molecule has 148 valence electrons. The van der Waals surface area contributed by atoms with E-state index in [0.29, 0.717) is 22.6 Å². The summed E-state index contributed by atoms with van der Waals surface area (Å²) in [5.74, 6) is -0.649. The van der Waals surface area contributed by atoms with Crippen molar-refractivity contribution < 1.29 is 22.7 Å². The normalized spacial score (nSPS) is 17.8. The third-order valence-electron chi connectivity index (χ3n) is 4.44. The molecule has 0 aromatic heterocycles. The lowest BCUT2D eigenvalue weighted by atomic mass is 10.2. The zero-order valence-corrected chi connectivity index (χ0v) is 17.0. The van der Waals surface area contributed by atoms with Crippen LogP contribution in [0.5, 0.6) is 0 Å². The molecule has 0 bridgehead atoms. The molecular formula is C20H21NO5S2. The smallest absolute Gasteiger partial charge is 0.339 e. The topological polar surface area (TPSA) is 80.8 Å². The van der Waals surface area contributed by atoms with E-state index in [9.17, 15) is 18.0 Å². The Bertz CT molecular complexity index is 960. The number of benzene rings is 2. The lowest BCUT2D eigenvalue weighted by molar-refractivity contribution is -0.121. The standard InChI is InChI=1S/C20H21NO5S2/c1-21(15-7-3-2-4-8-15)19(22)13-26-20(23)17-9-5-6-10-18(17)27-16-11-12-28(24,25)14-16/h2-10,16H,11-14H2,1H3/t16-/m1/s1. The van der Waals surface area contributed by atoms with Gasteiger partial charge in [-0.15, -0.1) is 11.8 Å². The predicted octanol–water partition coefficient (Wildman–Crippen LogP) is 2.79. The Labute approximate surface area is 168 Å². The maximum atomic E-state index is 12.5. The van der Waals surface area contributed by atoms with Crippen LogP contribution in [-0.4, -0.2) is 50.7 Å². The van der Waals surface area contributed by atoms with Gasteiger partial charge in [-0.25, -0.2) is 13.2 Å². The number of hydrogen-bond donors (Lipinski definition) is 0. The average Bonchev–Trinajstić information content (AvgIpc) is 3.04. The molecular weight excluding hydrogens is 398 g/mol. The van der Waals surface area contributed by atoms with Crippen LogP contribution in [0.4, 0.5) is 5.69 Å². The monoisotopic (exact) mass is 419 g/mol. The summed E-state index contributed by atoms with van der Waals surface area (Å²) in [6.45, 7) is -0.374. The van der Waals surface area contributed by atoms with Crippen LogP contribution in [0.1, 0.15) is 16.8 Å². The Kier molecular flexibility index (Phi) is 6.41. The molecule has 1 saturated heterocycles. The molecule has 1 atom stereocenters. The molecule has 2 aromatic carbocycles. The van der Waals surface area contributed by atoms with E-state index in [0.717, 1.165) is 0 Å². The van der Waals surface area contributed by atoms with Gasteiger partial charge in [-0.1, -0.05) is 30.3 Å².